The van der Waals surface area contributed by atoms with Crippen molar-refractivity contribution in [1.29, 1.82) is 0 Å². The predicted molar refractivity (Wildman–Crippen MR) is 92.2 cm³/mol. The number of likely N-dealkylation sites (tertiary alicyclic amines) is 1. The molecule has 0 aromatic heterocycles. The quantitative estimate of drug-likeness (QED) is 0.827. The second-order valence-electron chi connectivity index (χ2n) is 7.21. The van der Waals surface area contributed by atoms with Gasteiger partial charge in [0.1, 0.15) is 0 Å². The lowest BCUT2D eigenvalue weighted by molar-refractivity contribution is 0.205. The Kier molecular flexibility index (Phi) is 5.03. The molecule has 0 spiro atoms. The highest BCUT2D eigenvalue weighted by molar-refractivity contribution is 9.10. The number of hydrogen-bond acceptors (Lipinski definition) is 2. The SMILES string of the molecule is CC(C)CNCc1ccc(CN2CC3CCC2C3)c(Br)c1. The molecule has 2 bridgehead atoms. The predicted octanol–water partition coefficient (Wildman–Crippen LogP) is 4.18. The minimum absolute atomic E-state index is 0.707. The summed E-state index contributed by atoms with van der Waals surface area (Å²) in [6, 6.07) is 7.73. The van der Waals surface area contributed by atoms with E-state index in [4.69, 9.17) is 0 Å². The molecular formula is C18H27BrN2. The van der Waals surface area contributed by atoms with Crippen LogP contribution < -0.4 is 5.32 Å². The van der Waals surface area contributed by atoms with Gasteiger partial charge in [-0.25, -0.2) is 0 Å². The van der Waals surface area contributed by atoms with E-state index in [1.807, 2.05) is 0 Å². The van der Waals surface area contributed by atoms with Crippen molar-refractivity contribution < 1.29 is 0 Å². The number of rotatable bonds is 6. The van der Waals surface area contributed by atoms with E-state index in [9.17, 15) is 0 Å². The Labute approximate surface area is 137 Å². The Morgan fingerprint density at radius 3 is 2.81 bits per heavy atom. The van der Waals surface area contributed by atoms with E-state index < -0.39 is 0 Å². The molecule has 2 nitrogen and oxygen atoms in total. The lowest BCUT2D eigenvalue weighted by Gasteiger charge is -2.27. The van der Waals surface area contributed by atoms with Crippen LogP contribution in [-0.4, -0.2) is 24.0 Å². The van der Waals surface area contributed by atoms with Gasteiger partial charge in [0.15, 0.2) is 0 Å². The van der Waals surface area contributed by atoms with Gasteiger partial charge in [-0.05, 0) is 54.8 Å². The molecule has 1 saturated carbocycles. The van der Waals surface area contributed by atoms with Crippen LogP contribution in [0.5, 0.6) is 0 Å². The van der Waals surface area contributed by atoms with Gasteiger partial charge in [0.25, 0.3) is 0 Å². The molecular weight excluding hydrogens is 324 g/mol. The highest BCUT2D eigenvalue weighted by Crippen LogP contribution is 2.38. The average molecular weight is 351 g/mol. The molecule has 1 aliphatic carbocycles. The summed E-state index contributed by atoms with van der Waals surface area (Å²) in [5.41, 5.74) is 2.81. The maximum Gasteiger partial charge on any atom is 0.0247 e. The zero-order chi connectivity index (χ0) is 14.8. The van der Waals surface area contributed by atoms with Crippen molar-refractivity contribution in [2.45, 2.75) is 52.2 Å². The van der Waals surface area contributed by atoms with Crippen LogP contribution in [0.15, 0.2) is 22.7 Å². The Hall–Kier alpha value is -0.380. The molecule has 1 aliphatic heterocycles. The zero-order valence-corrected chi connectivity index (χ0v) is 14.8. The number of halogens is 1. The average Bonchev–Trinajstić information content (AvgIpc) is 3.04. The maximum absolute atomic E-state index is 3.77. The van der Waals surface area contributed by atoms with Crippen LogP contribution in [0.4, 0.5) is 0 Å². The largest absolute Gasteiger partial charge is 0.312 e. The minimum Gasteiger partial charge on any atom is -0.312 e. The first kappa shape index (κ1) is 15.5. The third kappa shape index (κ3) is 3.88. The van der Waals surface area contributed by atoms with Crippen molar-refractivity contribution in [3.63, 3.8) is 0 Å². The summed E-state index contributed by atoms with van der Waals surface area (Å²) in [5, 5.41) is 3.51. The summed E-state index contributed by atoms with van der Waals surface area (Å²) in [6.45, 7) is 8.96. The molecule has 1 aromatic rings. The van der Waals surface area contributed by atoms with E-state index in [1.165, 1.54) is 41.4 Å². The first-order valence-corrected chi connectivity index (χ1v) is 9.13. The van der Waals surface area contributed by atoms with Crippen molar-refractivity contribution in [3.8, 4) is 0 Å². The summed E-state index contributed by atoms with van der Waals surface area (Å²) >= 11 is 3.77. The molecule has 1 saturated heterocycles. The first-order valence-electron chi connectivity index (χ1n) is 8.34. The number of hydrogen-bond donors (Lipinski definition) is 1. The normalized spacial score (nSPS) is 25.1. The molecule has 1 aromatic carbocycles. The van der Waals surface area contributed by atoms with Gasteiger partial charge >= 0.3 is 0 Å². The van der Waals surface area contributed by atoms with E-state index in [1.54, 1.807) is 0 Å². The molecule has 3 heteroatoms. The summed E-state index contributed by atoms with van der Waals surface area (Å²) < 4.78 is 1.27. The molecule has 0 radical (unpaired) electrons. The fraction of sp³-hybridized carbons (Fsp3) is 0.667. The van der Waals surface area contributed by atoms with Crippen molar-refractivity contribution >= 4 is 15.9 Å². The second kappa shape index (κ2) is 6.80. The van der Waals surface area contributed by atoms with Gasteiger partial charge in [-0.3, -0.25) is 4.90 Å². The highest BCUT2D eigenvalue weighted by atomic mass is 79.9. The molecule has 21 heavy (non-hydrogen) atoms. The van der Waals surface area contributed by atoms with Crippen LogP contribution in [-0.2, 0) is 13.1 Å². The topological polar surface area (TPSA) is 15.3 Å². The van der Waals surface area contributed by atoms with Crippen LogP contribution in [0.2, 0.25) is 0 Å². The van der Waals surface area contributed by atoms with Gasteiger partial charge < -0.3 is 5.32 Å². The molecule has 2 aliphatic rings. The van der Waals surface area contributed by atoms with Gasteiger partial charge in [0.2, 0.25) is 0 Å². The molecule has 2 atom stereocenters. The molecule has 1 heterocycles. The van der Waals surface area contributed by atoms with Gasteiger partial charge in [0, 0.05) is 30.1 Å². The second-order valence-corrected chi connectivity index (χ2v) is 8.07. The Morgan fingerprint density at radius 1 is 1.33 bits per heavy atom. The van der Waals surface area contributed by atoms with Gasteiger partial charge in [-0.2, -0.15) is 0 Å². The van der Waals surface area contributed by atoms with Gasteiger partial charge in [-0.1, -0.05) is 41.9 Å². The molecule has 2 unspecified atom stereocenters. The van der Waals surface area contributed by atoms with E-state index in [2.05, 4.69) is 58.2 Å². The standard InChI is InChI=1S/C18H27BrN2/c1-13(2)9-20-10-14-3-5-16(18(19)8-14)12-21-11-15-4-6-17(21)7-15/h3,5,8,13,15,17,20H,4,6-7,9-12H2,1-2H3. The minimum atomic E-state index is 0.707. The number of nitrogens with one attached hydrogen (secondary N) is 1. The molecule has 2 fully saturated rings. The van der Waals surface area contributed by atoms with E-state index in [0.717, 1.165) is 31.6 Å². The fourth-order valence-electron chi connectivity index (χ4n) is 3.77. The van der Waals surface area contributed by atoms with E-state index in [0.29, 0.717) is 5.92 Å². The van der Waals surface area contributed by atoms with Crippen molar-refractivity contribution in [2.24, 2.45) is 11.8 Å². The lowest BCUT2D eigenvalue weighted by atomic mass is 10.1. The third-order valence-electron chi connectivity index (χ3n) is 4.90. The third-order valence-corrected chi connectivity index (χ3v) is 5.63. The fourth-order valence-corrected chi connectivity index (χ4v) is 4.32. The Balaban J connectivity index is 1.57. The van der Waals surface area contributed by atoms with Crippen LogP contribution in [0.3, 0.4) is 0 Å². The smallest absolute Gasteiger partial charge is 0.0247 e. The molecule has 116 valence electrons. The maximum atomic E-state index is 3.77. The Bertz CT molecular complexity index is 486. The van der Waals surface area contributed by atoms with Gasteiger partial charge in [0.05, 0.1) is 0 Å². The van der Waals surface area contributed by atoms with E-state index in [-0.39, 0.29) is 0 Å². The lowest BCUT2D eigenvalue weighted by Crippen LogP contribution is -2.31. The number of fused-ring (bicyclic) bond motifs is 2. The number of benzene rings is 1. The summed E-state index contributed by atoms with van der Waals surface area (Å²) in [6.07, 6.45) is 4.32. The zero-order valence-electron chi connectivity index (χ0n) is 13.2. The van der Waals surface area contributed by atoms with Crippen molar-refractivity contribution in [3.05, 3.63) is 33.8 Å². The van der Waals surface area contributed by atoms with Crippen LogP contribution in [0.25, 0.3) is 0 Å². The van der Waals surface area contributed by atoms with Crippen LogP contribution in [0, 0.1) is 11.8 Å². The molecule has 1 N–H and O–H groups in total. The van der Waals surface area contributed by atoms with Crippen LogP contribution >= 0.6 is 15.9 Å². The van der Waals surface area contributed by atoms with Gasteiger partial charge in [-0.15, -0.1) is 0 Å². The van der Waals surface area contributed by atoms with Crippen molar-refractivity contribution in [2.75, 3.05) is 13.1 Å². The van der Waals surface area contributed by atoms with E-state index >= 15 is 0 Å². The summed E-state index contributed by atoms with van der Waals surface area (Å²) in [5.74, 6) is 1.69. The monoisotopic (exact) mass is 350 g/mol. The molecule has 3 rings (SSSR count). The van der Waals surface area contributed by atoms with Crippen molar-refractivity contribution in [1.82, 2.24) is 10.2 Å². The van der Waals surface area contributed by atoms with Crippen LogP contribution in [0.1, 0.15) is 44.2 Å². The summed E-state index contributed by atoms with van der Waals surface area (Å²) in [7, 11) is 0. The molecule has 0 amide bonds. The number of piperidine rings is 1. The first-order chi connectivity index (χ1) is 10.1. The summed E-state index contributed by atoms with van der Waals surface area (Å²) in [4.78, 5) is 2.69. The Morgan fingerprint density at radius 2 is 2.19 bits per heavy atom. The number of nitrogens with zero attached hydrogens (tertiary/aromatic N) is 1. The highest BCUT2D eigenvalue weighted by Gasteiger charge is 2.37.